The highest BCUT2D eigenvalue weighted by atomic mass is 16.2. The number of nitrogens with one attached hydrogen (secondary N) is 1. The van der Waals surface area contributed by atoms with Gasteiger partial charge in [-0.25, -0.2) is 0 Å². The van der Waals surface area contributed by atoms with Crippen LogP contribution in [0.1, 0.15) is 53.2 Å². The molecule has 4 saturated carbocycles. The molecule has 4 nitrogen and oxygen atoms in total. The molecule has 5 aliphatic rings. The number of rotatable bonds is 2. The highest BCUT2D eigenvalue weighted by Gasteiger charge is 2.49. The Labute approximate surface area is 128 Å². The average Bonchev–Trinajstić information content (AvgIpc) is 2.99. The Bertz CT molecular complexity index is 453. The Balaban J connectivity index is 1.43. The SMILES string of the molecule is [2H]CC(=O)N1CCC[C@H]1C(=O)NC1C2CC3CC(C2)CC1C3. The molecule has 1 N–H and O–H groups in total. The van der Waals surface area contributed by atoms with Gasteiger partial charge in [-0.3, -0.25) is 9.59 Å². The van der Waals surface area contributed by atoms with E-state index in [0.29, 0.717) is 24.4 Å². The van der Waals surface area contributed by atoms with E-state index in [1.807, 2.05) is 0 Å². The molecule has 1 saturated heterocycles. The maximum absolute atomic E-state index is 12.7. The van der Waals surface area contributed by atoms with E-state index < -0.39 is 0 Å². The molecular formula is C17H26N2O2. The maximum Gasteiger partial charge on any atom is 0.243 e. The summed E-state index contributed by atoms with van der Waals surface area (Å²) in [6.45, 7) is 0.388. The third kappa shape index (κ3) is 2.27. The van der Waals surface area contributed by atoms with Gasteiger partial charge in [-0.2, -0.15) is 0 Å². The molecule has 0 aromatic heterocycles. The number of carbonyl (C=O) groups excluding carboxylic acids is 2. The van der Waals surface area contributed by atoms with Crippen LogP contribution in [0.2, 0.25) is 0 Å². The molecule has 116 valence electrons. The average molecular weight is 291 g/mol. The molecule has 0 radical (unpaired) electrons. The molecule has 1 aliphatic heterocycles. The van der Waals surface area contributed by atoms with Crippen molar-refractivity contribution in [3.63, 3.8) is 0 Å². The van der Waals surface area contributed by atoms with E-state index in [-0.39, 0.29) is 24.8 Å². The van der Waals surface area contributed by atoms with Gasteiger partial charge in [0.2, 0.25) is 11.8 Å². The van der Waals surface area contributed by atoms with Crippen LogP contribution < -0.4 is 5.32 Å². The van der Waals surface area contributed by atoms with Crippen molar-refractivity contribution >= 4 is 11.8 Å². The standard InChI is InChI=1S/C17H26N2O2/c1-10(20)19-4-2-3-15(19)17(21)18-16-13-6-11-5-12(8-13)9-14(16)7-11/h11-16H,2-9H2,1H3,(H,18,21)/t11?,12?,13?,14?,15-,16?/m0/s1/i1D. The van der Waals surface area contributed by atoms with Gasteiger partial charge in [-0.15, -0.1) is 0 Å². The Morgan fingerprint density at radius 1 is 1.10 bits per heavy atom. The first kappa shape index (κ1) is 12.5. The smallest absolute Gasteiger partial charge is 0.243 e. The molecular weight excluding hydrogens is 264 g/mol. The largest absolute Gasteiger partial charge is 0.351 e. The number of carbonyl (C=O) groups is 2. The lowest BCUT2D eigenvalue weighted by Gasteiger charge is -2.54. The Morgan fingerprint density at radius 2 is 1.76 bits per heavy atom. The summed E-state index contributed by atoms with van der Waals surface area (Å²) in [5, 5.41) is 3.32. The van der Waals surface area contributed by atoms with E-state index in [2.05, 4.69) is 5.32 Å². The van der Waals surface area contributed by atoms with Crippen LogP contribution in [0.4, 0.5) is 0 Å². The van der Waals surface area contributed by atoms with E-state index in [0.717, 1.165) is 24.7 Å². The lowest BCUT2D eigenvalue weighted by molar-refractivity contribution is -0.138. The zero-order valence-electron chi connectivity index (χ0n) is 13.6. The van der Waals surface area contributed by atoms with Crippen molar-refractivity contribution in [2.24, 2.45) is 23.7 Å². The second kappa shape index (κ2) is 4.99. The van der Waals surface area contributed by atoms with Crippen molar-refractivity contribution in [3.05, 3.63) is 0 Å². The summed E-state index contributed by atoms with van der Waals surface area (Å²) in [5.41, 5.74) is 0. The Hall–Kier alpha value is -1.06. The molecule has 4 bridgehead atoms. The molecule has 21 heavy (non-hydrogen) atoms. The Kier molecular flexibility index (Phi) is 2.97. The molecule has 4 aliphatic carbocycles. The first-order chi connectivity index (χ1) is 10.7. The van der Waals surface area contributed by atoms with Crippen LogP contribution >= 0.6 is 0 Å². The van der Waals surface area contributed by atoms with E-state index >= 15 is 0 Å². The third-order valence-corrected chi connectivity index (χ3v) is 6.41. The molecule has 5 rings (SSSR count). The Morgan fingerprint density at radius 3 is 2.38 bits per heavy atom. The predicted octanol–water partition coefficient (Wildman–Crippen LogP) is 1.94. The minimum atomic E-state index is -0.324. The molecule has 1 heterocycles. The molecule has 5 fully saturated rings. The van der Waals surface area contributed by atoms with E-state index in [9.17, 15) is 9.59 Å². The number of likely N-dealkylation sites (tertiary alicyclic amines) is 1. The summed E-state index contributed by atoms with van der Waals surface area (Å²) in [6.07, 6.45) is 8.21. The van der Waals surface area contributed by atoms with Gasteiger partial charge in [0, 0.05) is 20.9 Å². The van der Waals surface area contributed by atoms with Gasteiger partial charge in [-0.05, 0) is 68.6 Å². The number of nitrogens with zero attached hydrogens (tertiary/aromatic N) is 1. The summed E-state index contributed by atoms with van der Waals surface area (Å²) in [5.74, 6) is 2.98. The topological polar surface area (TPSA) is 49.4 Å². The third-order valence-electron chi connectivity index (χ3n) is 6.41. The second-order valence-corrected chi connectivity index (χ2v) is 7.71. The molecule has 0 aromatic rings. The summed E-state index contributed by atoms with van der Waals surface area (Å²) >= 11 is 0. The predicted molar refractivity (Wildman–Crippen MR) is 79.4 cm³/mol. The van der Waals surface area contributed by atoms with Crippen molar-refractivity contribution in [2.75, 3.05) is 6.54 Å². The van der Waals surface area contributed by atoms with Crippen molar-refractivity contribution in [2.45, 2.75) is 63.9 Å². The van der Waals surface area contributed by atoms with Crippen molar-refractivity contribution in [1.29, 1.82) is 0 Å². The van der Waals surface area contributed by atoms with Crippen LogP contribution in [0.15, 0.2) is 0 Å². The zero-order valence-corrected chi connectivity index (χ0v) is 12.6. The minimum Gasteiger partial charge on any atom is -0.351 e. The highest BCUT2D eigenvalue weighted by Crippen LogP contribution is 2.53. The molecule has 4 heteroatoms. The maximum atomic E-state index is 12.7. The van der Waals surface area contributed by atoms with Crippen LogP contribution in [-0.4, -0.2) is 35.3 Å². The highest BCUT2D eigenvalue weighted by molar-refractivity contribution is 5.87. The monoisotopic (exact) mass is 291 g/mol. The quantitative estimate of drug-likeness (QED) is 0.845. The molecule has 0 spiro atoms. The van der Waals surface area contributed by atoms with Gasteiger partial charge in [0.25, 0.3) is 0 Å². The molecule has 2 amide bonds. The van der Waals surface area contributed by atoms with Gasteiger partial charge >= 0.3 is 0 Å². The number of hydrogen-bond acceptors (Lipinski definition) is 2. The van der Waals surface area contributed by atoms with Crippen molar-refractivity contribution < 1.29 is 11.0 Å². The summed E-state index contributed by atoms with van der Waals surface area (Å²) in [7, 11) is 0. The van der Waals surface area contributed by atoms with Crippen molar-refractivity contribution in [1.82, 2.24) is 10.2 Å². The normalized spacial score (nSPS) is 44.8. The van der Waals surface area contributed by atoms with Gasteiger partial charge in [0.05, 0.1) is 0 Å². The van der Waals surface area contributed by atoms with Crippen molar-refractivity contribution in [3.8, 4) is 0 Å². The fraction of sp³-hybridized carbons (Fsp3) is 0.882. The minimum absolute atomic E-state index is 0.0387. The van der Waals surface area contributed by atoms with Crippen LogP contribution in [0, 0.1) is 23.7 Å². The zero-order chi connectivity index (χ0) is 15.3. The van der Waals surface area contributed by atoms with E-state index in [1.165, 1.54) is 32.1 Å². The molecule has 1 atom stereocenters. The first-order valence-electron chi connectivity index (χ1n) is 9.25. The number of amides is 2. The van der Waals surface area contributed by atoms with Crippen LogP contribution in [-0.2, 0) is 9.59 Å². The summed E-state index contributed by atoms with van der Waals surface area (Å²) < 4.78 is 7.26. The van der Waals surface area contributed by atoms with E-state index in [4.69, 9.17) is 1.37 Å². The van der Waals surface area contributed by atoms with Crippen LogP contribution in [0.5, 0.6) is 0 Å². The summed E-state index contributed by atoms with van der Waals surface area (Å²) in [6, 6.07) is 0.0175. The van der Waals surface area contributed by atoms with Crippen LogP contribution in [0.25, 0.3) is 0 Å². The fourth-order valence-corrected chi connectivity index (χ4v) is 5.76. The lowest BCUT2D eigenvalue weighted by Crippen LogP contribution is -2.58. The lowest BCUT2D eigenvalue weighted by atomic mass is 9.54. The van der Waals surface area contributed by atoms with Gasteiger partial charge in [0.1, 0.15) is 6.04 Å². The second-order valence-electron chi connectivity index (χ2n) is 7.71. The number of hydrogen-bond donors (Lipinski definition) is 1. The summed E-state index contributed by atoms with van der Waals surface area (Å²) in [4.78, 5) is 26.1. The van der Waals surface area contributed by atoms with Gasteiger partial charge < -0.3 is 10.2 Å². The van der Waals surface area contributed by atoms with Gasteiger partial charge in [-0.1, -0.05) is 0 Å². The van der Waals surface area contributed by atoms with Gasteiger partial charge in [0.15, 0.2) is 0 Å². The molecule has 0 aromatic carbocycles. The first-order valence-corrected chi connectivity index (χ1v) is 8.54. The molecule has 0 unspecified atom stereocenters. The van der Waals surface area contributed by atoms with E-state index in [1.54, 1.807) is 4.90 Å². The fourth-order valence-electron chi connectivity index (χ4n) is 5.76. The van der Waals surface area contributed by atoms with Crippen LogP contribution in [0.3, 0.4) is 0 Å².